The van der Waals surface area contributed by atoms with Crippen LogP contribution in [0.5, 0.6) is 17.2 Å². The number of aromatic nitrogens is 1. The summed E-state index contributed by atoms with van der Waals surface area (Å²) in [5.41, 5.74) is 1.89. The third kappa shape index (κ3) is 3.73. The van der Waals surface area contributed by atoms with Gasteiger partial charge in [0, 0.05) is 29.5 Å². The van der Waals surface area contributed by atoms with Crippen molar-refractivity contribution in [3.8, 4) is 17.2 Å². The van der Waals surface area contributed by atoms with E-state index < -0.39 is 0 Å². The highest BCUT2D eigenvalue weighted by Crippen LogP contribution is 2.40. The van der Waals surface area contributed by atoms with Gasteiger partial charge in [0.2, 0.25) is 12.7 Å². The molecule has 6 nitrogen and oxygen atoms in total. The van der Waals surface area contributed by atoms with Crippen molar-refractivity contribution in [1.82, 2.24) is 4.98 Å². The molecular formula is C20H18N2O4S. The molecule has 0 saturated carbocycles. The second-order valence-corrected chi connectivity index (χ2v) is 6.89. The second kappa shape index (κ2) is 7.67. The minimum atomic E-state index is -0.199. The van der Waals surface area contributed by atoms with Crippen LogP contribution in [0.1, 0.15) is 23.5 Å². The van der Waals surface area contributed by atoms with Crippen LogP contribution in [0.4, 0.5) is 5.13 Å². The summed E-state index contributed by atoms with van der Waals surface area (Å²) in [7, 11) is 1.63. The van der Waals surface area contributed by atoms with E-state index in [-0.39, 0.29) is 25.0 Å². The molecule has 1 N–H and O–H groups in total. The summed E-state index contributed by atoms with van der Waals surface area (Å²) in [5.74, 6) is 1.83. The van der Waals surface area contributed by atoms with Crippen molar-refractivity contribution in [2.24, 2.45) is 0 Å². The number of benzene rings is 2. The van der Waals surface area contributed by atoms with Crippen LogP contribution in [0.25, 0.3) is 0 Å². The predicted octanol–water partition coefficient (Wildman–Crippen LogP) is 4.04. The second-order valence-electron chi connectivity index (χ2n) is 6.00. The molecule has 138 valence electrons. The molecule has 0 aliphatic carbocycles. The lowest BCUT2D eigenvalue weighted by atomic mass is 9.87. The van der Waals surface area contributed by atoms with E-state index in [0.717, 1.165) is 16.9 Å². The molecule has 1 aromatic heterocycles. The molecule has 0 saturated heterocycles. The third-order valence-corrected chi connectivity index (χ3v) is 5.07. The maximum atomic E-state index is 12.7. The van der Waals surface area contributed by atoms with E-state index in [9.17, 15) is 4.79 Å². The summed E-state index contributed by atoms with van der Waals surface area (Å²) >= 11 is 1.39. The Hall–Kier alpha value is -3.06. The summed E-state index contributed by atoms with van der Waals surface area (Å²) in [4.78, 5) is 16.8. The number of fused-ring (bicyclic) bond motifs is 1. The number of hydrogen-bond donors (Lipinski definition) is 1. The number of anilines is 1. The highest BCUT2D eigenvalue weighted by molar-refractivity contribution is 7.13. The van der Waals surface area contributed by atoms with E-state index >= 15 is 0 Å². The van der Waals surface area contributed by atoms with Gasteiger partial charge in [-0.3, -0.25) is 4.79 Å². The van der Waals surface area contributed by atoms with Crippen molar-refractivity contribution in [3.63, 3.8) is 0 Å². The van der Waals surface area contributed by atoms with Crippen LogP contribution < -0.4 is 19.5 Å². The molecule has 27 heavy (non-hydrogen) atoms. The van der Waals surface area contributed by atoms with E-state index in [1.807, 2.05) is 47.8 Å². The van der Waals surface area contributed by atoms with Crippen LogP contribution in [-0.4, -0.2) is 24.8 Å². The van der Waals surface area contributed by atoms with Gasteiger partial charge in [0.25, 0.3) is 0 Å². The fraction of sp³-hybridized carbons (Fsp3) is 0.200. The van der Waals surface area contributed by atoms with Crippen molar-refractivity contribution in [2.75, 3.05) is 19.2 Å². The van der Waals surface area contributed by atoms with E-state index in [2.05, 4.69) is 10.3 Å². The Labute approximate surface area is 160 Å². The smallest absolute Gasteiger partial charge is 0.231 e. The molecule has 0 bridgehead atoms. The van der Waals surface area contributed by atoms with E-state index in [1.54, 1.807) is 13.3 Å². The van der Waals surface area contributed by atoms with Gasteiger partial charge in [-0.25, -0.2) is 4.98 Å². The maximum Gasteiger partial charge on any atom is 0.231 e. The standard InChI is InChI=1S/C20H18N2O4S/c1-24-16-5-3-2-4-14(16)15(11-19(23)22-20-21-8-9-27-20)13-6-7-17-18(10-13)26-12-25-17/h2-10,15H,11-12H2,1H3,(H,21,22,23)/t15-/m0/s1. The number of para-hydroxylation sites is 1. The fourth-order valence-electron chi connectivity index (χ4n) is 3.13. The van der Waals surface area contributed by atoms with Crippen molar-refractivity contribution < 1.29 is 19.0 Å². The lowest BCUT2D eigenvalue weighted by Crippen LogP contribution is -2.17. The number of thiazole rings is 1. The summed E-state index contributed by atoms with van der Waals surface area (Å²) < 4.78 is 16.4. The van der Waals surface area contributed by atoms with Crippen LogP contribution in [-0.2, 0) is 4.79 Å². The third-order valence-electron chi connectivity index (χ3n) is 4.38. The molecule has 2 heterocycles. The Morgan fingerprint density at radius 2 is 2.11 bits per heavy atom. The molecule has 0 unspecified atom stereocenters. The Bertz CT molecular complexity index is 943. The Morgan fingerprint density at radius 3 is 2.93 bits per heavy atom. The van der Waals surface area contributed by atoms with Crippen molar-refractivity contribution in [1.29, 1.82) is 0 Å². The molecular weight excluding hydrogens is 364 g/mol. The first kappa shape index (κ1) is 17.4. The lowest BCUT2D eigenvalue weighted by Gasteiger charge is -2.20. The molecule has 1 aliphatic heterocycles. The SMILES string of the molecule is COc1ccccc1[C@@H](CC(=O)Nc1nccs1)c1ccc2c(c1)OCO2. The van der Waals surface area contributed by atoms with Gasteiger partial charge in [0.1, 0.15) is 5.75 Å². The average molecular weight is 382 g/mol. The van der Waals surface area contributed by atoms with Gasteiger partial charge in [-0.2, -0.15) is 0 Å². The number of rotatable bonds is 6. The lowest BCUT2D eigenvalue weighted by molar-refractivity contribution is -0.116. The number of carbonyl (C=O) groups excluding carboxylic acids is 1. The number of nitrogens with zero attached hydrogens (tertiary/aromatic N) is 1. The zero-order chi connectivity index (χ0) is 18.6. The first-order chi connectivity index (χ1) is 13.2. The first-order valence-corrected chi connectivity index (χ1v) is 9.34. The largest absolute Gasteiger partial charge is 0.496 e. The first-order valence-electron chi connectivity index (χ1n) is 8.46. The molecule has 0 fully saturated rings. The van der Waals surface area contributed by atoms with Gasteiger partial charge >= 0.3 is 0 Å². The van der Waals surface area contributed by atoms with E-state index in [1.165, 1.54) is 11.3 Å². The van der Waals surface area contributed by atoms with Crippen LogP contribution in [0.2, 0.25) is 0 Å². The quantitative estimate of drug-likeness (QED) is 0.697. The van der Waals surface area contributed by atoms with Crippen molar-refractivity contribution in [2.45, 2.75) is 12.3 Å². The average Bonchev–Trinajstić information content (AvgIpc) is 3.37. The number of hydrogen-bond acceptors (Lipinski definition) is 6. The zero-order valence-electron chi connectivity index (χ0n) is 14.7. The van der Waals surface area contributed by atoms with Crippen LogP contribution >= 0.6 is 11.3 Å². The minimum Gasteiger partial charge on any atom is -0.496 e. The molecule has 1 amide bonds. The number of amides is 1. The van der Waals surface area contributed by atoms with E-state index in [4.69, 9.17) is 14.2 Å². The van der Waals surface area contributed by atoms with Crippen molar-refractivity contribution in [3.05, 3.63) is 65.2 Å². The molecule has 7 heteroatoms. The van der Waals surface area contributed by atoms with Crippen LogP contribution in [0.3, 0.4) is 0 Å². The number of nitrogens with one attached hydrogen (secondary N) is 1. The van der Waals surface area contributed by atoms with Gasteiger partial charge in [-0.05, 0) is 23.8 Å². The van der Waals surface area contributed by atoms with Gasteiger partial charge in [0.05, 0.1) is 7.11 Å². The normalized spacial score (nSPS) is 13.2. The molecule has 3 aromatic rings. The topological polar surface area (TPSA) is 69.7 Å². The fourth-order valence-corrected chi connectivity index (χ4v) is 3.68. The summed E-state index contributed by atoms with van der Waals surface area (Å²) in [5, 5.41) is 5.27. The minimum absolute atomic E-state index is 0.112. The highest BCUT2D eigenvalue weighted by Gasteiger charge is 2.24. The van der Waals surface area contributed by atoms with Crippen LogP contribution in [0.15, 0.2) is 54.0 Å². The van der Waals surface area contributed by atoms with Crippen LogP contribution in [0, 0.1) is 0 Å². The van der Waals surface area contributed by atoms with Gasteiger partial charge in [0.15, 0.2) is 16.6 Å². The number of carbonyl (C=O) groups is 1. The molecule has 0 radical (unpaired) electrons. The Kier molecular flexibility index (Phi) is 4.93. The monoisotopic (exact) mass is 382 g/mol. The highest BCUT2D eigenvalue weighted by atomic mass is 32.1. The Morgan fingerprint density at radius 1 is 1.26 bits per heavy atom. The van der Waals surface area contributed by atoms with Gasteiger partial charge in [-0.15, -0.1) is 11.3 Å². The molecule has 2 aromatic carbocycles. The van der Waals surface area contributed by atoms with Gasteiger partial charge < -0.3 is 19.5 Å². The summed E-state index contributed by atoms with van der Waals surface area (Å²) in [6.45, 7) is 0.211. The number of ether oxygens (including phenoxy) is 3. The van der Waals surface area contributed by atoms with E-state index in [0.29, 0.717) is 16.6 Å². The maximum absolute atomic E-state index is 12.7. The molecule has 4 rings (SSSR count). The number of methoxy groups -OCH3 is 1. The predicted molar refractivity (Wildman–Crippen MR) is 103 cm³/mol. The molecule has 1 atom stereocenters. The molecule has 0 spiro atoms. The van der Waals surface area contributed by atoms with Gasteiger partial charge in [-0.1, -0.05) is 24.3 Å². The molecule has 1 aliphatic rings. The zero-order valence-corrected chi connectivity index (χ0v) is 15.5. The summed E-state index contributed by atoms with van der Waals surface area (Å²) in [6.07, 6.45) is 1.91. The van der Waals surface area contributed by atoms with Crippen molar-refractivity contribution >= 4 is 22.4 Å². The Balaban J connectivity index is 1.67. The summed E-state index contributed by atoms with van der Waals surface area (Å²) in [6, 6.07) is 13.5.